The number of phenols is 1. The molecule has 9 heteroatoms. The number of hydrogen-bond acceptors (Lipinski definition) is 5. The fraction of sp³-hybridized carbons (Fsp3) is 0.250. The highest BCUT2D eigenvalue weighted by atomic mass is 35.5. The van der Waals surface area contributed by atoms with Gasteiger partial charge in [-0.2, -0.15) is 4.31 Å². The Morgan fingerprint density at radius 1 is 1.17 bits per heavy atom. The second kappa shape index (κ2) is 8.06. The number of halogens is 1. The Kier molecular flexibility index (Phi) is 5.88. The van der Waals surface area contributed by atoms with E-state index in [9.17, 15) is 18.3 Å². The number of hydrogen-bond donors (Lipinski definition) is 2. The second-order valence-electron chi connectivity index (χ2n) is 6.42. The van der Waals surface area contributed by atoms with Gasteiger partial charge in [0, 0.05) is 29.1 Å². The number of nitrogens with one attached hydrogen (secondary N) is 1. The van der Waals surface area contributed by atoms with Gasteiger partial charge in [0.2, 0.25) is 10.0 Å². The zero-order valence-electron chi connectivity index (χ0n) is 16.2. The van der Waals surface area contributed by atoms with Gasteiger partial charge < -0.3 is 14.8 Å². The summed E-state index contributed by atoms with van der Waals surface area (Å²) < 4.78 is 32.3. The number of anilines is 1. The van der Waals surface area contributed by atoms with Gasteiger partial charge in [-0.15, -0.1) is 0 Å². The van der Waals surface area contributed by atoms with Crippen molar-refractivity contribution < 1.29 is 22.7 Å². The fourth-order valence-corrected chi connectivity index (χ4v) is 4.73. The molecule has 29 heavy (non-hydrogen) atoms. The van der Waals surface area contributed by atoms with Gasteiger partial charge in [0.25, 0.3) is 5.91 Å². The normalized spacial score (nSPS) is 11.9. The smallest absolute Gasteiger partial charge is 0.291 e. The second-order valence-corrected chi connectivity index (χ2v) is 8.79. The summed E-state index contributed by atoms with van der Waals surface area (Å²) in [5, 5.41) is 13.9. The number of carbonyl (C=O) groups excluding carboxylic acids is 1. The number of benzene rings is 2. The Morgan fingerprint density at radius 3 is 2.52 bits per heavy atom. The molecule has 0 aliphatic heterocycles. The van der Waals surface area contributed by atoms with Crippen molar-refractivity contribution in [1.29, 1.82) is 0 Å². The predicted molar refractivity (Wildman–Crippen MR) is 112 cm³/mol. The lowest BCUT2D eigenvalue weighted by Crippen LogP contribution is -2.30. The van der Waals surface area contributed by atoms with E-state index in [4.69, 9.17) is 16.0 Å². The lowest BCUT2D eigenvalue weighted by Gasteiger charge is -2.19. The molecule has 0 aliphatic rings. The molecule has 0 radical (unpaired) electrons. The maximum atomic E-state index is 12.7. The first-order valence-corrected chi connectivity index (χ1v) is 10.8. The van der Waals surface area contributed by atoms with Gasteiger partial charge in [-0.25, -0.2) is 8.42 Å². The van der Waals surface area contributed by atoms with E-state index in [0.29, 0.717) is 34.6 Å². The van der Waals surface area contributed by atoms with Crippen LogP contribution in [0.4, 0.5) is 5.69 Å². The number of fused-ring (bicyclic) bond motifs is 1. The summed E-state index contributed by atoms with van der Waals surface area (Å²) in [5.74, 6) is -0.810. The predicted octanol–water partition coefficient (Wildman–Crippen LogP) is 4.38. The highest BCUT2D eigenvalue weighted by molar-refractivity contribution is 7.89. The third kappa shape index (κ3) is 3.96. The van der Waals surface area contributed by atoms with Gasteiger partial charge in [-0.3, -0.25) is 4.79 Å². The summed E-state index contributed by atoms with van der Waals surface area (Å²) in [6, 6.07) is 8.78. The van der Waals surface area contributed by atoms with E-state index in [1.165, 1.54) is 22.5 Å². The Labute approximate surface area is 173 Å². The van der Waals surface area contributed by atoms with Gasteiger partial charge in [0.15, 0.2) is 5.76 Å². The lowest BCUT2D eigenvalue weighted by molar-refractivity contribution is 0.0997. The summed E-state index contributed by atoms with van der Waals surface area (Å²) >= 11 is 6.00. The molecule has 1 heterocycles. The first-order valence-electron chi connectivity index (χ1n) is 9.02. The maximum absolute atomic E-state index is 12.7. The number of rotatable bonds is 6. The largest absolute Gasteiger partial charge is 0.506 e. The quantitative estimate of drug-likeness (QED) is 0.558. The molecule has 2 aromatic carbocycles. The van der Waals surface area contributed by atoms with Crippen LogP contribution in [-0.4, -0.2) is 36.8 Å². The van der Waals surface area contributed by atoms with E-state index >= 15 is 0 Å². The minimum absolute atomic E-state index is 0.0255. The molecule has 7 nitrogen and oxygen atoms in total. The molecule has 0 bridgehead atoms. The summed E-state index contributed by atoms with van der Waals surface area (Å²) in [5.41, 5.74) is 1.06. The van der Waals surface area contributed by atoms with Crippen molar-refractivity contribution in [2.24, 2.45) is 0 Å². The van der Waals surface area contributed by atoms with E-state index in [-0.39, 0.29) is 22.1 Å². The number of nitrogens with zero attached hydrogens (tertiary/aromatic N) is 1. The molecule has 0 spiro atoms. The van der Waals surface area contributed by atoms with Crippen LogP contribution in [0.3, 0.4) is 0 Å². The Bertz CT molecular complexity index is 1180. The van der Waals surface area contributed by atoms with Gasteiger partial charge in [-0.1, -0.05) is 25.4 Å². The monoisotopic (exact) mass is 436 g/mol. The first-order chi connectivity index (χ1) is 13.7. The summed E-state index contributed by atoms with van der Waals surface area (Å²) in [6.45, 7) is 5.81. The van der Waals surface area contributed by atoms with Crippen molar-refractivity contribution >= 4 is 44.2 Å². The van der Waals surface area contributed by atoms with E-state index in [1.54, 1.807) is 39.0 Å². The van der Waals surface area contributed by atoms with Crippen LogP contribution in [-0.2, 0) is 10.0 Å². The number of sulfonamides is 1. The highest BCUT2D eigenvalue weighted by Crippen LogP contribution is 2.31. The molecular formula is C20H21ClN2O5S. The van der Waals surface area contributed by atoms with Gasteiger partial charge in [0.05, 0.1) is 10.6 Å². The highest BCUT2D eigenvalue weighted by Gasteiger charge is 2.24. The van der Waals surface area contributed by atoms with Crippen LogP contribution in [0.25, 0.3) is 11.0 Å². The molecule has 0 unspecified atom stereocenters. The van der Waals surface area contributed by atoms with Gasteiger partial charge >= 0.3 is 0 Å². The van der Waals surface area contributed by atoms with Crippen molar-refractivity contribution in [3.8, 4) is 5.75 Å². The third-order valence-electron chi connectivity index (χ3n) is 4.66. The molecule has 1 amide bonds. The number of aromatic hydroxyl groups is 1. The Balaban J connectivity index is 1.96. The van der Waals surface area contributed by atoms with Gasteiger partial charge in [-0.05, 0) is 43.3 Å². The van der Waals surface area contributed by atoms with Crippen molar-refractivity contribution in [3.63, 3.8) is 0 Å². The van der Waals surface area contributed by atoms with E-state index in [0.717, 1.165) is 0 Å². The Hall–Kier alpha value is -2.55. The van der Waals surface area contributed by atoms with Crippen LogP contribution in [0.5, 0.6) is 5.75 Å². The van der Waals surface area contributed by atoms with E-state index < -0.39 is 15.9 Å². The van der Waals surface area contributed by atoms with Crippen LogP contribution < -0.4 is 5.32 Å². The third-order valence-corrected chi connectivity index (χ3v) is 6.94. The fourth-order valence-electron chi connectivity index (χ4n) is 3.08. The first kappa shape index (κ1) is 21.2. The lowest BCUT2D eigenvalue weighted by atomic mass is 10.1. The van der Waals surface area contributed by atoms with Crippen LogP contribution in [0, 0.1) is 6.92 Å². The summed E-state index contributed by atoms with van der Waals surface area (Å²) in [7, 11) is -3.74. The van der Waals surface area contributed by atoms with E-state index in [1.807, 2.05) is 0 Å². The average Bonchev–Trinajstić information content (AvgIpc) is 3.00. The topological polar surface area (TPSA) is 99.9 Å². The number of carbonyl (C=O) groups is 1. The molecule has 0 aliphatic carbocycles. The zero-order chi connectivity index (χ0) is 21.3. The van der Waals surface area contributed by atoms with Crippen LogP contribution >= 0.6 is 11.6 Å². The van der Waals surface area contributed by atoms with Crippen molar-refractivity contribution in [3.05, 3.63) is 52.7 Å². The van der Waals surface area contributed by atoms with Crippen LogP contribution in [0.1, 0.15) is 30.0 Å². The molecule has 0 saturated heterocycles. The zero-order valence-corrected chi connectivity index (χ0v) is 17.8. The molecule has 3 aromatic rings. The SMILES string of the molecule is CCN(CC)S(=O)(=O)c1ccc(O)c(NC(=O)c2oc3ccc(Cl)cc3c2C)c1. The van der Waals surface area contributed by atoms with Crippen molar-refractivity contribution in [2.45, 2.75) is 25.7 Å². The number of phenolic OH excluding ortho intramolecular Hbond substituents is 1. The average molecular weight is 437 g/mol. The summed E-state index contributed by atoms with van der Waals surface area (Å²) in [6.07, 6.45) is 0. The molecule has 0 atom stereocenters. The number of amides is 1. The van der Waals surface area contributed by atoms with Crippen LogP contribution in [0.2, 0.25) is 5.02 Å². The molecule has 1 aromatic heterocycles. The van der Waals surface area contributed by atoms with Crippen LogP contribution in [0.15, 0.2) is 45.7 Å². The van der Waals surface area contributed by atoms with Crippen molar-refractivity contribution in [2.75, 3.05) is 18.4 Å². The Morgan fingerprint density at radius 2 is 1.86 bits per heavy atom. The summed E-state index contributed by atoms with van der Waals surface area (Å²) in [4.78, 5) is 12.7. The minimum atomic E-state index is -3.74. The molecular weight excluding hydrogens is 416 g/mol. The molecule has 154 valence electrons. The standard InChI is InChI=1S/C20H21ClN2O5S/c1-4-23(5-2)29(26,27)14-7-8-17(24)16(11-14)22-20(25)19-12(3)15-10-13(21)6-9-18(15)28-19/h6-11,24H,4-5H2,1-3H3,(H,22,25). The maximum Gasteiger partial charge on any atom is 0.291 e. The van der Waals surface area contributed by atoms with Gasteiger partial charge in [0.1, 0.15) is 11.3 Å². The number of aryl methyl sites for hydroxylation is 1. The molecule has 0 saturated carbocycles. The molecule has 3 rings (SSSR count). The number of furan rings is 1. The minimum Gasteiger partial charge on any atom is -0.506 e. The van der Waals surface area contributed by atoms with Crippen molar-refractivity contribution in [1.82, 2.24) is 4.31 Å². The molecule has 0 fully saturated rings. The van der Waals surface area contributed by atoms with E-state index in [2.05, 4.69) is 5.32 Å². The molecule has 2 N–H and O–H groups in total.